The minimum Gasteiger partial charge on any atom is -0.321 e. The van der Waals surface area contributed by atoms with Crippen LogP contribution in [0.4, 0.5) is 0 Å². The summed E-state index contributed by atoms with van der Waals surface area (Å²) in [6.07, 6.45) is 7.23. The topological polar surface area (TPSA) is 38.9 Å². The van der Waals surface area contributed by atoms with Crippen molar-refractivity contribution in [3.8, 4) is 0 Å². The molecule has 0 spiro atoms. The fraction of sp³-hybridized carbons (Fsp3) is 0.583. The van der Waals surface area contributed by atoms with Gasteiger partial charge in [0.25, 0.3) is 0 Å². The molecule has 1 fully saturated rings. The van der Waals surface area contributed by atoms with Crippen LogP contribution in [0.5, 0.6) is 0 Å². The Morgan fingerprint density at radius 2 is 2.29 bits per heavy atom. The van der Waals surface area contributed by atoms with E-state index in [9.17, 15) is 0 Å². The molecule has 2 unspecified atom stereocenters. The first-order valence-electron chi connectivity index (χ1n) is 5.31. The third kappa shape index (κ3) is 1.67. The molecule has 76 valence electrons. The second kappa shape index (κ2) is 3.35. The van der Waals surface area contributed by atoms with Crippen LogP contribution >= 0.6 is 0 Å². The van der Waals surface area contributed by atoms with Crippen molar-refractivity contribution in [2.75, 3.05) is 0 Å². The van der Waals surface area contributed by atoms with Gasteiger partial charge in [0.05, 0.1) is 0 Å². The van der Waals surface area contributed by atoms with Gasteiger partial charge in [-0.1, -0.05) is 13.0 Å². The van der Waals surface area contributed by atoms with Gasteiger partial charge in [0.2, 0.25) is 0 Å². The fourth-order valence-electron chi connectivity index (χ4n) is 2.42. The first-order valence-corrected chi connectivity index (χ1v) is 5.31. The first-order chi connectivity index (χ1) is 6.60. The second-order valence-corrected chi connectivity index (χ2v) is 4.76. The molecular formula is C12H18N2. The van der Waals surface area contributed by atoms with Gasteiger partial charge in [-0.25, -0.2) is 0 Å². The average Bonchev–Trinajstić information content (AvgIpc) is 2.48. The van der Waals surface area contributed by atoms with Crippen LogP contribution in [0.3, 0.4) is 0 Å². The molecule has 0 bridgehead atoms. The molecule has 2 heteroatoms. The number of aromatic nitrogens is 1. The third-order valence-corrected chi connectivity index (χ3v) is 3.25. The number of rotatable bonds is 1. The summed E-state index contributed by atoms with van der Waals surface area (Å²) in [6.45, 7) is 4.34. The van der Waals surface area contributed by atoms with Crippen molar-refractivity contribution in [2.24, 2.45) is 11.7 Å². The van der Waals surface area contributed by atoms with E-state index in [1.807, 2.05) is 12.4 Å². The van der Waals surface area contributed by atoms with E-state index in [2.05, 4.69) is 24.9 Å². The van der Waals surface area contributed by atoms with E-state index in [1.54, 1.807) is 0 Å². The summed E-state index contributed by atoms with van der Waals surface area (Å²) in [5.74, 6) is 0.750. The third-order valence-electron chi connectivity index (χ3n) is 3.25. The first kappa shape index (κ1) is 9.66. The minimum absolute atomic E-state index is 0.113. The molecule has 0 aliphatic heterocycles. The van der Waals surface area contributed by atoms with Gasteiger partial charge >= 0.3 is 0 Å². The maximum atomic E-state index is 6.40. The summed E-state index contributed by atoms with van der Waals surface area (Å²) in [5.41, 5.74) is 8.70. The van der Waals surface area contributed by atoms with Crippen LogP contribution in [-0.4, -0.2) is 4.98 Å². The van der Waals surface area contributed by atoms with Gasteiger partial charge in [0.1, 0.15) is 0 Å². The number of aryl methyl sites for hydroxylation is 1. The predicted molar refractivity (Wildman–Crippen MR) is 57.9 cm³/mol. The van der Waals surface area contributed by atoms with Crippen molar-refractivity contribution in [1.82, 2.24) is 4.98 Å². The van der Waals surface area contributed by atoms with Gasteiger partial charge in [0.15, 0.2) is 0 Å². The fourth-order valence-corrected chi connectivity index (χ4v) is 2.42. The molecule has 0 saturated heterocycles. The van der Waals surface area contributed by atoms with Crippen LogP contribution in [0.25, 0.3) is 0 Å². The van der Waals surface area contributed by atoms with Crippen LogP contribution in [0.15, 0.2) is 18.5 Å². The standard InChI is InChI=1S/C12H18N2/c1-9-3-4-12(13,6-9)11-5-10(2)7-14-8-11/h5,7-9H,3-4,6,13H2,1-2H3. The van der Waals surface area contributed by atoms with E-state index in [-0.39, 0.29) is 5.54 Å². The van der Waals surface area contributed by atoms with Crippen molar-refractivity contribution in [2.45, 2.75) is 38.6 Å². The van der Waals surface area contributed by atoms with Crippen LogP contribution in [0.1, 0.15) is 37.3 Å². The van der Waals surface area contributed by atoms with E-state index in [0.717, 1.165) is 18.8 Å². The Hall–Kier alpha value is -0.890. The summed E-state index contributed by atoms with van der Waals surface area (Å²) < 4.78 is 0. The number of hydrogen-bond acceptors (Lipinski definition) is 2. The SMILES string of the molecule is Cc1cncc(C2(N)CCC(C)C2)c1. The summed E-state index contributed by atoms with van der Waals surface area (Å²) in [7, 11) is 0. The normalized spacial score (nSPS) is 32.1. The molecule has 1 aliphatic carbocycles. The summed E-state index contributed by atoms with van der Waals surface area (Å²) in [6, 6.07) is 2.17. The predicted octanol–water partition coefficient (Wildman–Crippen LogP) is 2.36. The van der Waals surface area contributed by atoms with Crippen molar-refractivity contribution < 1.29 is 0 Å². The summed E-state index contributed by atoms with van der Waals surface area (Å²) >= 11 is 0. The molecule has 1 aliphatic rings. The van der Waals surface area contributed by atoms with Gasteiger partial charge in [-0.3, -0.25) is 4.98 Å². The minimum atomic E-state index is -0.113. The van der Waals surface area contributed by atoms with Gasteiger partial charge in [-0.15, -0.1) is 0 Å². The molecule has 0 aromatic carbocycles. The smallest absolute Gasteiger partial charge is 0.0427 e. The molecule has 1 heterocycles. The monoisotopic (exact) mass is 190 g/mol. The number of nitrogens with zero attached hydrogens (tertiary/aromatic N) is 1. The van der Waals surface area contributed by atoms with Crippen molar-refractivity contribution >= 4 is 0 Å². The van der Waals surface area contributed by atoms with Crippen molar-refractivity contribution in [1.29, 1.82) is 0 Å². The summed E-state index contributed by atoms with van der Waals surface area (Å²) in [4.78, 5) is 4.22. The zero-order valence-electron chi connectivity index (χ0n) is 8.96. The maximum Gasteiger partial charge on any atom is 0.0427 e. The Kier molecular flexibility index (Phi) is 2.31. The lowest BCUT2D eigenvalue weighted by atomic mass is 9.89. The highest BCUT2D eigenvalue weighted by Crippen LogP contribution is 2.39. The highest BCUT2D eigenvalue weighted by atomic mass is 14.8. The van der Waals surface area contributed by atoms with E-state index in [1.165, 1.54) is 17.5 Å². The van der Waals surface area contributed by atoms with Crippen LogP contribution in [0, 0.1) is 12.8 Å². The molecule has 14 heavy (non-hydrogen) atoms. The molecule has 1 aromatic heterocycles. The van der Waals surface area contributed by atoms with E-state index >= 15 is 0 Å². The Balaban J connectivity index is 2.30. The Morgan fingerprint density at radius 1 is 1.50 bits per heavy atom. The van der Waals surface area contributed by atoms with E-state index in [0.29, 0.717) is 0 Å². The zero-order chi connectivity index (χ0) is 10.2. The van der Waals surface area contributed by atoms with Gasteiger partial charge in [0, 0.05) is 17.9 Å². The molecule has 1 aromatic rings. The van der Waals surface area contributed by atoms with Crippen LogP contribution in [0.2, 0.25) is 0 Å². The van der Waals surface area contributed by atoms with E-state index in [4.69, 9.17) is 5.73 Å². The average molecular weight is 190 g/mol. The number of nitrogens with two attached hydrogens (primary N) is 1. The second-order valence-electron chi connectivity index (χ2n) is 4.76. The Labute approximate surface area is 85.5 Å². The highest BCUT2D eigenvalue weighted by molar-refractivity contribution is 5.25. The van der Waals surface area contributed by atoms with Crippen LogP contribution < -0.4 is 5.73 Å². The molecule has 2 nitrogen and oxygen atoms in total. The van der Waals surface area contributed by atoms with Gasteiger partial charge < -0.3 is 5.73 Å². The quantitative estimate of drug-likeness (QED) is 0.738. The molecule has 2 rings (SSSR count). The van der Waals surface area contributed by atoms with Gasteiger partial charge in [-0.05, 0) is 43.2 Å². The molecule has 0 radical (unpaired) electrons. The molecular weight excluding hydrogens is 172 g/mol. The Bertz CT molecular complexity index is 335. The lowest BCUT2D eigenvalue weighted by molar-refractivity contribution is 0.439. The van der Waals surface area contributed by atoms with E-state index < -0.39 is 0 Å². The van der Waals surface area contributed by atoms with Crippen LogP contribution in [-0.2, 0) is 5.54 Å². The van der Waals surface area contributed by atoms with Crippen molar-refractivity contribution in [3.63, 3.8) is 0 Å². The van der Waals surface area contributed by atoms with Gasteiger partial charge in [-0.2, -0.15) is 0 Å². The summed E-state index contributed by atoms with van der Waals surface area (Å²) in [5, 5.41) is 0. The molecule has 0 amide bonds. The lowest BCUT2D eigenvalue weighted by Crippen LogP contribution is -2.33. The Morgan fingerprint density at radius 3 is 2.86 bits per heavy atom. The number of pyridine rings is 1. The highest BCUT2D eigenvalue weighted by Gasteiger charge is 2.35. The lowest BCUT2D eigenvalue weighted by Gasteiger charge is -2.24. The molecule has 2 N–H and O–H groups in total. The van der Waals surface area contributed by atoms with Crippen molar-refractivity contribution in [3.05, 3.63) is 29.6 Å². The molecule has 2 atom stereocenters. The number of hydrogen-bond donors (Lipinski definition) is 1. The maximum absolute atomic E-state index is 6.40. The zero-order valence-corrected chi connectivity index (χ0v) is 8.96. The molecule has 1 saturated carbocycles. The largest absolute Gasteiger partial charge is 0.321 e.